The summed E-state index contributed by atoms with van der Waals surface area (Å²) in [4.78, 5) is 0. The van der Waals surface area contributed by atoms with E-state index in [9.17, 15) is 0 Å². The van der Waals surface area contributed by atoms with E-state index in [0.717, 1.165) is 24.3 Å². The summed E-state index contributed by atoms with van der Waals surface area (Å²) < 4.78 is 5.96. The molecule has 0 aromatic heterocycles. The summed E-state index contributed by atoms with van der Waals surface area (Å²) in [5.74, 6) is 1.51. The van der Waals surface area contributed by atoms with Gasteiger partial charge in [-0.25, -0.2) is 0 Å². The first kappa shape index (κ1) is 16.2. The molecule has 2 aromatic rings. The van der Waals surface area contributed by atoms with Gasteiger partial charge in [-0.1, -0.05) is 48.3 Å². The summed E-state index contributed by atoms with van der Waals surface area (Å²) in [6.45, 7) is 5.26. The summed E-state index contributed by atoms with van der Waals surface area (Å²) in [6.07, 6.45) is 1.10. The van der Waals surface area contributed by atoms with Gasteiger partial charge >= 0.3 is 0 Å². The second-order valence-electron chi connectivity index (χ2n) is 4.89. The van der Waals surface area contributed by atoms with Crippen LogP contribution < -0.4 is 10.1 Å². The van der Waals surface area contributed by atoms with Crippen molar-refractivity contribution in [1.29, 1.82) is 0 Å². The molecule has 0 heterocycles. The molecule has 2 nitrogen and oxygen atoms in total. The van der Waals surface area contributed by atoms with Crippen LogP contribution in [0.2, 0.25) is 10.0 Å². The Balaban J connectivity index is 2.21. The molecular formula is C17H19Cl2NO. The van der Waals surface area contributed by atoms with Crippen LogP contribution in [0.4, 0.5) is 0 Å². The Hall–Kier alpha value is -1.22. The number of nitrogens with one attached hydrogen (secondary N) is 1. The fourth-order valence-corrected chi connectivity index (χ4v) is 2.36. The molecule has 0 bridgehead atoms. The van der Waals surface area contributed by atoms with Crippen molar-refractivity contribution in [3.63, 3.8) is 0 Å². The number of benzene rings is 2. The third kappa shape index (κ3) is 4.37. The molecule has 0 saturated heterocycles. The zero-order valence-electron chi connectivity index (χ0n) is 12.2. The molecule has 1 N–H and O–H groups in total. The molecule has 0 aliphatic heterocycles. The second kappa shape index (κ2) is 7.69. The van der Waals surface area contributed by atoms with Gasteiger partial charge in [-0.15, -0.1) is 0 Å². The van der Waals surface area contributed by atoms with E-state index in [0.29, 0.717) is 15.8 Å². The molecule has 2 aromatic carbocycles. The highest BCUT2D eigenvalue weighted by Gasteiger charge is 2.11. The Bertz CT molecular complexity index is 601. The van der Waals surface area contributed by atoms with Gasteiger partial charge < -0.3 is 10.1 Å². The highest BCUT2D eigenvalue weighted by atomic mass is 35.5. The van der Waals surface area contributed by atoms with E-state index in [1.807, 2.05) is 24.3 Å². The third-order valence-corrected chi connectivity index (χ3v) is 3.94. The summed E-state index contributed by atoms with van der Waals surface area (Å²) in [6, 6.07) is 13.5. The van der Waals surface area contributed by atoms with Crippen LogP contribution in [0.25, 0.3) is 0 Å². The molecule has 0 radical (unpaired) electrons. The monoisotopic (exact) mass is 323 g/mol. The van der Waals surface area contributed by atoms with Crippen LogP contribution in [-0.4, -0.2) is 6.54 Å². The minimum atomic E-state index is 0.226. The Morgan fingerprint density at radius 1 is 1.10 bits per heavy atom. The average Bonchev–Trinajstić information content (AvgIpc) is 2.49. The first-order valence-corrected chi connectivity index (χ1v) is 7.82. The number of rotatable bonds is 6. The van der Waals surface area contributed by atoms with Gasteiger partial charge in [0.2, 0.25) is 0 Å². The number of hydrogen-bond donors (Lipinski definition) is 1. The van der Waals surface area contributed by atoms with Crippen LogP contribution in [0.3, 0.4) is 0 Å². The lowest BCUT2D eigenvalue weighted by atomic mass is 10.1. The maximum Gasteiger partial charge on any atom is 0.132 e. The highest BCUT2D eigenvalue weighted by Crippen LogP contribution is 2.32. The molecule has 21 heavy (non-hydrogen) atoms. The van der Waals surface area contributed by atoms with Crippen LogP contribution in [0.15, 0.2) is 42.5 Å². The molecule has 1 atom stereocenters. The fraction of sp³-hybridized carbons (Fsp3) is 0.294. The standard InChI is InChI=1S/C17H19Cl2NO/c1-3-10-20-12(2)14-6-4-5-7-17(14)21-13-8-9-15(18)16(19)11-13/h4-9,11-12,20H,3,10H2,1-2H3. The third-order valence-electron chi connectivity index (χ3n) is 3.20. The molecule has 0 spiro atoms. The molecular weight excluding hydrogens is 305 g/mol. The SMILES string of the molecule is CCCNC(C)c1ccccc1Oc1ccc(Cl)c(Cl)c1. The Morgan fingerprint density at radius 2 is 1.86 bits per heavy atom. The zero-order chi connectivity index (χ0) is 15.2. The van der Waals surface area contributed by atoms with Gasteiger partial charge in [-0.2, -0.15) is 0 Å². The van der Waals surface area contributed by atoms with Gasteiger partial charge in [0.15, 0.2) is 0 Å². The Labute approximate surface area is 136 Å². The lowest BCUT2D eigenvalue weighted by molar-refractivity contribution is 0.461. The van der Waals surface area contributed by atoms with Gasteiger partial charge in [0.25, 0.3) is 0 Å². The lowest BCUT2D eigenvalue weighted by Crippen LogP contribution is -2.19. The van der Waals surface area contributed by atoms with Crippen molar-refractivity contribution in [1.82, 2.24) is 5.32 Å². The van der Waals surface area contributed by atoms with E-state index >= 15 is 0 Å². The van der Waals surface area contributed by atoms with E-state index in [1.165, 1.54) is 0 Å². The first-order chi connectivity index (χ1) is 10.1. The number of ether oxygens (including phenoxy) is 1. The van der Waals surface area contributed by atoms with Gasteiger partial charge in [0.1, 0.15) is 11.5 Å². The minimum Gasteiger partial charge on any atom is -0.457 e. The van der Waals surface area contributed by atoms with Gasteiger partial charge in [0, 0.05) is 17.7 Å². The molecule has 1 unspecified atom stereocenters. The number of hydrogen-bond acceptors (Lipinski definition) is 2. The molecule has 4 heteroatoms. The lowest BCUT2D eigenvalue weighted by Gasteiger charge is -2.18. The number of halogens is 2. The largest absolute Gasteiger partial charge is 0.457 e. The molecule has 2 rings (SSSR count). The van der Waals surface area contributed by atoms with Gasteiger partial charge in [0.05, 0.1) is 10.0 Å². The second-order valence-corrected chi connectivity index (χ2v) is 5.71. The summed E-state index contributed by atoms with van der Waals surface area (Å²) in [5, 5.41) is 4.48. The molecule has 0 aliphatic rings. The minimum absolute atomic E-state index is 0.226. The van der Waals surface area contributed by atoms with Crippen LogP contribution in [-0.2, 0) is 0 Å². The maximum absolute atomic E-state index is 6.03. The van der Waals surface area contributed by atoms with Crippen molar-refractivity contribution in [3.8, 4) is 11.5 Å². The Kier molecular flexibility index (Phi) is 5.92. The topological polar surface area (TPSA) is 21.3 Å². The van der Waals surface area contributed by atoms with Crippen molar-refractivity contribution in [2.45, 2.75) is 26.3 Å². The molecule has 0 aliphatic carbocycles. The summed E-state index contributed by atoms with van der Waals surface area (Å²) in [7, 11) is 0. The van der Waals surface area contributed by atoms with Crippen molar-refractivity contribution in [2.24, 2.45) is 0 Å². The van der Waals surface area contributed by atoms with Crippen LogP contribution in [0.1, 0.15) is 31.9 Å². The van der Waals surface area contributed by atoms with Crippen molar-refractivity contribution in [3.05, 3.63) is 58.1 Å². The van der Waals surface area contributed by atoms with E-state index in [1.54, 1.807) is 12.1 Å². The summed E-state index contributed by atoms with van der Waals surface area (Å²) in [5.41, 5.74) is 1.12. The van der Waals surface area contributed by atoms with Crippen LogP contribution in [0.5, 0.6) is 11.5 Å². The predicted molar refractivity (Wildman–Crippen MR) is 89.7 cm³/mol. The van der Waals surface area contributed by atoms with Gasteiger partial charge in [-0.05, 0) is 38.1 Å². The van der Waals surface area contributed by atoms with Gasteiger partial charge in [-0.3, -0.25) is 0 Å². The number of para-hydroxylation sites is 1. The highest BCUT2D eigenvalue weighted by molar-refractivity contribution is 6.42. The first-order valence-electron chi connectivity index (χ1n) is 7.07. The van der Waals surface area contributed by atoms with E-state index in [4.69, 9.17) is 27.9 Å². The molecule has 112 valence electrons. The molecule has 0 fully saturated rings. The maximum atomic E-state index is 6.03. The van der Waals surface area contributed by atoms with Crippen molar-refractivity contribution < 1.29 is 4.74 Å². The van der Waals surface area contributed by atoms with Crippen molar-refractivity contribution >= 4 is 23.2 Å². The zero-order valence-corrected chi connectivity index (χ0v) is 13.7. The Morgan fingerprint density at radius 3 is 2.57 bits per heavy atom. The summed E-state index contributed by atoms with van der Waals surface area (Å²) >= 11 is 12.0. The van der Waals surface area contributed by atoms with Crippen molar-refractivity contribution in [2.75, 3.05) is 6.54 Å². The molecule has 0 amide bonds. The predicted octanol–water partition coefficient (Wildman–Crippen LogP) is 5.85. The average molecular weight is 324 g/mol. The fourth-order valence-electron chi connectivity index (χ4n) is 2.07. The quantitative estimate of drug-likeness (QED) is 0.720. The van der Waals surface area contributed by atoms with E-state index in [-0.39, 0.29) is 6.04 Å². The molecule has 0 saturated carbocycles. The smallest absolute Gasteiger partial charge is 0.132 e. The van der Waals surface area contributed by atoms with Crippen LogP contribution in [0, 0.1) is 0 Å². The van der Waals surface area contributed by atoms with E-state index in [2.05, 4.69) is 25.2 Å². The normalized spacial score (nSPS) is 12.2. The van der Waals surface area contributed by atoms with Crippen LogP contribution >= 0.6 is 23.2 Å². The van der Waals surface area contributed by atoms with E-state index < -0.39 is 0 Å².